The summed E-state index contributed by atoms with van der Waals surface area (Å²) in [6, 6.07) is 1.67. The molecule has 2 atom stereocenters. The maximum atomic E-state index is 12.3. The van der Waals surface area contributed by atoms with Crippen LogP contribution in [-0.2, 0) is 26.0 Å². The summed E-state index contributed by atoms with van der Waals surface area (Å²) < 4.78 is 27.9. The highest BCUT2D eigenvalue weighted by atomic mass is 32.2. The van der Waals surface area contributed by atoms with Crippen molar-refractivity contribution in [1.29, 1.82) is 0 Å². The highest BCUT2D eigenvalue weighted by molar-refractivity contribution is 7.91. The van der Waals surface area contributed by atoms with Gasteiger partial charge in [-0.25, -0.2) is 13.2 Å². The Balaban J connectivity index is 1.47. The van der Waals surface area contributed by atoms with E-state index >= 15 is 0 Å². The molecule has 2 fully saturated rings. The molecule has 9 nitrogen and oxygen atoms in total. The van der Waals surface area contributed by atoms with Crippen molar-refractivity contribution in [2.45, 2.75) is 37.9 Å². The molecule has 25 heavy (non-hydrogen) atoms. The summed E-state index contributed by atoms with van der Waals surface area (Å²) in [6.45, 7) is 0.0420. The largest absolute Gasteiger partial charge is 0.467 e. The minimum absolute atomic E-state index is 0.0296. The van der Waals surface area contributed by atoms with Crippen LogP contribution in [0.1, 0.15) is 25.0 Å². The fourth-order valence-electron chi connectivity index (χ4n) is 2.96. The lowest BCUT2D eigenvalue weighted by Crippen LogP contribution is -2.37. The van der Waals surface area contributed by atoms with Crippen molar-refractivity contribution in [3.63, 3.8) is 0 Å². The smallest absolute Gasteiger partial charge is 0.325 e. The van der Waals surface area contributed by atoms with E-state index in [1.807, 2.05) is 0 Å². The molecule has 2 saturated heterocycles. The number of rotatable bonds is 6. The second-order valence-corrected chi connectivity index (χ2v) is 8.44. The van der Waals surface area contributed by atoms with Gasteiger partial charge in [-0.05, 0) is 25.0 Å². The minimum atomic E-state index is -3.06. The van der Waals surface area contributed by atoms with Crippen molar-refractivity contribution < 1.29 is 27.2 Å². The molecule has 136 valence electrons. The fraction of sp³-hybridized carbons (Fsp3) is 0.533. The lowest BCUT2D eigenvalue weighted by atomic mass is 10.1. The van der Waals surface area contributed by atoms with Crippen molar-refractivity contribution in [3.05, 3.63) is 24.2 Å². The Morgan fingerprint density at radius 3 is 2.84 bits per heavy atom. The van der Waals surface area contributed by atoms with Crippen LogP contribution in [0.4, 0.5) is 4.79 Å². The van der Waals surface area contributed by atoms with E-state index in [0.29, 0.717) is 12.2 Å². The van der Waals surface area contributed by atoms with Crippen LogP contribution in [0.25, 0.3) is 0 Å². The van der Waals surface area contributed by atoms with Gasteiger partial charge in [-0.3, -0.25) is 14.5 Å². The quantitative estimate of drug-likeness (QED) is 0.668. The first-order chi connectivity index (χ1) is 11.8. The predicted molar refractivity (Wildman–Crippen MR) is 86.0 cm³/mol. The van der Waals surface area contributed by atoms with Gasteiger partial charge in [0.15, 0.2) is 9.84 Å². The van der Waals surface area contributed by atoms with Crippen LogP contribution in [0, 0.1) is 0 Å². The van der Waals surface area contributed by atoms with E-state index in [9.17, 15) is 22.8 Å². The number of carbonyl (C=O) groups excluding carboxylic acids is 3. The first-order valence-electron chi connectivity index (χ1n) is 7.98. The van der Waals surface area contributed by atoms with E-state index in [4.69, 9.17) is 4.42 Å². The van der Waals surface area contributed by atoms with Crippen LogP contribution in [-0.4, -0.2) is 54.8 Å². The van der Waals surface area contributed by atoms with Gasteiger partial charge in [0.1, 0.15) is 11.8 Å². The van der Waals surface area contributed by atoms with Crippen LogP contribution in [0.3, 0.4) is 0 Å². The van der Waals surface area contributed by atoms with Gasteiger partial charge in [0.25, 0.3) is 5.91 Å². The summed E-state index contributed by atoms with van der Waals surface area (Å²) in [5, 5.41) is 5.21. The second kappa shape index (κ2) is 6.87. The van der Waals surface area contributed by atoms with E-state index in [1.165, 1.54) is 6.26 Å². The molecule has 0 bridgehead atoms. The fourth-order valence-corrected chi connectivity index (χ4v) is 4.64. The molecule has 2 N–H and O–H groups in total. The van der Waals surface area contributed by atoms with Gasteiger partial charge in [-0.15, -0.1) is 0 Å². The number of imide groups is 1. The van der Waals surface area contributed by atoms with Crippen LogP contribution in [0.2, 0.25) is 0 Å². The predicted octanol–water partition coefficient (Wildman–Crippen LogP) is -0.216. The summed E-state index contributed by atoms with van der Waals surface area (Å²) in [4.78, 5) is 37.2. The SMILES string of the molecule is O=C(CC[C@H]1NC(=O)N(Cc2ccco2)C1=O)N[C@H]1CCS(=O)(=O)C1. The summed E-state index contributed by atoms with van der Waals surface area (Å²) in [7, 11) is -3.06. The molecule has 0 spiro atoms. The first-order valence-corrected chi connectivity index (χ1v) is 9.80. The van der Waals surface area contributed by atoms with Crippen molar-refractivity contribution in [2.75, 3.05) is 11.5 Å². The molecule has 0 aliphatic carbocycles. The van der Waals surface area contributed by atoms with E-state index < -0.39 is 27.8 Å². The third-order valence-corrected chi connectivity index (χ3v) is 6.03. The van der Waals surface area contributed by atoms with Crippen molar-refractivity contribution in [1.82, 2.24) is 15.5 Å². The topological polar surface area (TPSA) is 126 Å². The van der Waals surface area contributed by atoms with Gasteiger partial charge in [-0.2, -0.15) is 0 Å². The van der Waals surface area contributed by atoms with Crippen LogP contribution >= 0.6 is 0 Å². The highest BCUT2D eigenvalue weighted by Gasteiger charge is 2.38. The number of carbonyl (C=O) groups is 3. The third kappa shape index (κ3) is 4.19. The summed E-state index contributed by atoms with van der Waals surface area (Å²) in [5.74, 6) is -0.207. The van der Waals surface area contributed by atoms with Crippen LogP contribution in [0.15, 0.2) is 22.8 Å². The Morgan fingerprint density at radius 1 is 1.40 bits per heavy atom. The van der Waals surface area contributed by atoms with Crippen molar-refractivity contribution in [2.24, 2.45) is 0 Å². The van der Waals surface area contributed by atoms with E-state index in [1.54, 1.807) is 12.1 Å². The number of nitrogens with zero attached hydrogens (tertiary/aromatic N) is 1. The van der Waals surface area contributed by atoms with Crippen LogP contribution in [0.5, 0.6) is 0 Å². The average molecular weight is 369 g/mol. The van der Waals surface area contributed by atoms with E-state index in [2.05, 4.69) is 10.6 Å². The van der Waals surface area contributed by atoms with Gasteiger partial charge in [0, 0.05) is 12.5 Å². The minimum Gasteiger partial charge on any atom is -0.467 e. The van der Waals surface area contributed by atoms with Crippen molar-refractivity contribution >= 4 is 27.7 Å². The lowest BCUT2D eigenvalue weighted by molar-refractivity contribution is -0.128. The molecule has 1 aromatic heterocycles. The average Bonchev–Trinajstić information content (AvgIpc) is 3.22. The molecule has 3 rings (SSSR count). The van der Waals surface area contributed by atoms with Gasteiger partial charge >= 0.3 is 6.03 Å². The molecule has 3 heterocycles. The van der Waals surface area contributed by atoms with Gasteiger partial charge in [0.05, 0.1) is 24.3 Å². The molecule has 0 saturated carbocycles. The molecule has 2 aliphatic heterocycles. The zero-order valence-corrected chi connectivity index (χ0v) is 14.3. The molecule has 4 amide bonds. The van der Waals surface area contributed by atoms with Crippen molar-refractivity contribution in [3.8, 4) is 0 Å². The second-order valence-electron chi connectivity index (χ2n) is 6.21. The maximum absolute atomic E-state index is 12.3. The molecule has 2 aliphatic rings. The number of amides is 4. The Labute approximate surface area is 144 Å². The Kier molecular flexibility index (Phi) is 4.80. The van der Waals surface area contributed by atoms with Crippen LogP contribution < -0.4 is 10.6 Å². The molecule has 0 unspecified atom stereocenters. The molecule has 10 heteroatoms. The van der Waals surface area contributed by atoms with E-state index in [0.717, 1.165) is 4.90 Å². The zero-order chi connectivity index (χ0) is 18.0. The monoisotopic (exact) mass is 369 g/mol. The molecular weight excluding hydrogens is 350 g/mol. The number of nitrogens with one attached hydrogen (secondary N) is 2. The lowest BCUT2D eigenvalue weighted by Gasteiger charge is -2.13. The van der Waals surface area contributed by atoms with Gasteiger partial charge in [0.2, 0.25) is 5.91 Å². The summed E-state index contributed by atoms with van der Waals surface area (Å²) in [5.41, 5.74) is 0. The summed E-state index contributed by atoms with van der Waals surface area (Å²) >= 11 is 0. The number of hydrogen-bond donors (Lipinski definition) is 2. The molecule has 0 aromatic carbocycles. The molecular formula is C15H19N3O6S. The molecule has 0 radical (unpaired) electrons. The van der Waals surface area contributed by atoms with Gasteiger partial charge < -0.3 is 15.1 Å². The van der Waals surface area contributed by atoms with E-state index in [-0.39, 0.29) is 42.8 Å². The number of hydrogen-bond acceptors (Lipinski definition) is 6. The number of furan rings is 1. The summed E-state index contributed by atoms with van der Waals surface area (Å²) in [6.07, 6.45) is 2.05. The maximum Gasteiger partial charge on any atom is 0.325 e. The Bertz CT molecular complexity index is 773. The Morgan fingerprint density at radius 2 is 2.20 bits per heavy atom. The zero-order valence-electron chi connectivity index (χ0n) is 13.4. The third-order valence-electron chi connectivity index (χ3n) is 4.26. The molecule has 1 aromatic rings. The number of urea groups is 1. The number of sulfone groups is 1. The standard InChI is InChI=1S/C15H19N3O6S/c19-13(16-10-5-7-25(22,23)9-10)4-3-12-14(20)18(15(21)17-12)8-11-2-1-6-24-11/h1-2,6,10,12H,3-5,7-9H2,(H,16,19)(H,17,21)/t10-,12+/m0/s1. The highest BCUT2D eigenvalue weighted by Crippen LogP contribution is 2.16. The van der Waals surface area contributed by atoms with Gasteiger partial charge in [-0.1, -0.05) is 0 Å². The Hall–Kier alpha value is -2.36. The normalized spacial score (nSPS) is 25.2. The first kappa shape index (κ1) is 17.5.